The summed E-state index contributed by atoms with van der Waals surface area (Å²) in [5.41, 5.74) is 5.69. The Morgan fingerprint density at radius 3 is 2.23 bits per heavy atom. The molecule has 0 radical (unpaired) electrons. The zero-order valence-electron chi connectivity index (χ0n) is 16.5. The number of ether oxygens (including phenoxy) is 1. The summed E-state index contributed by atoms with van der Waals surface area (Å²) in [6.45, 7) is 1.96. The fourth-order valence-electron chi connectivity index (χ4n) is 2.62. The van der Waals surface area contributed by atoms with E-state index in [1.807, 2.05) is 19.1 Å². The maximum atomic E-state index is 12.3. The first kappa shape index (κ1) is 20.6. The first-order valence-electron chi connectivity index (χ1n) is 9.15. The monoisotopic (exact) mass is 403 g/mol. The molecular formula is C23H21N3O4. The van der Waals surface area contributed by atoms with Gasteiger partial charge in [0, 0.05) is 16.8 Å². The number of hydrazone groups is 1. The molecule has 0 aromatic heterocycles. The van der Waals surface area contributed by atoms with Crippen LogP contribution in [-0.4, -0.2) is 30.2 Å². The van der Waals surface area contributed by atoms with Crippen molar-refractivity contribution in [1.82, 2.24) is 5.43 Å². The molecule has 0 saturated heterocycles. The van der Waals surface area contributed by atoms with E-state index >= 15 is 0 Å². The maximum Gasteiger partial charge on any atom is 0.271 e. The third-order valence-electron chi connectivity index (χ3n) is 4.30. The van der Waals surface area contributed by atoms with Crippen LogP contribution < -0.4 is 15.5 Å². The minimum Gasteiger partial charge on any atom is -0.504 e. The SMILES string of the molecule is COc1cc(/C=N\NC(=O)c2ccc(NC(=O)c3ccc(C)cc3)cc2)ccc1O. The lowest BCUT2D eigenvalue weighted by atomic mass is 10.1. The van der Waals surface area contributed by atoms with Crippen LogP contribution >= 0.6 is 0 Å². The van der Waals surface area contributed by atoms with Crippen LogP contribution in [0.3, 0.4) is 0 Å². The second-order valence-corrected chi connectivity index (χ2v) is 6.53. The van der Waals surface area contributed by atoms with Crippen molar-refractivity contribution < 1.29 is 19.4 Å². The number of nitrogens with zero attached hydrogens (tertiary/aromatic N) is 1. The van der Waals surface area contributed by atoms with Gasteiger partial charge in [0.25, 0.3) is 11.8 Å². The molecule has 0 unspecified atom stereocenters. The highest BCUT2D eigenvalue weighted by Gasteiger charge is 2.08. The van der Waals surface area contributed by atoms with E-state index < -0.39 is 5.91 Å². The Morgan fingerprint density at radius 2 is 1.57 bits per heavy atom. The third-order valence-corrected chi connectivity index (χ3v) is 4.30. The number of aryl methyl sites for hydroxylation is 1. The van der Waals surface area contributed by atoms with Gasteiger partial charge in [-0.1, -0.05) is 17.7 Å². The average Bonchev–Trinajstić information content (AvgIpc) is 2.75. The lowest BCUT2D eigenvalue weighted by molar-refractivity contribution is 0.0954. The molecule has 0 fully saturated rings. The van der Waals surface area contributed by atoms with Crippen LogP contribution in [0.25, 0.3) is 0 Å². The number of methoxy groups -OCH3 is 1. The van der Waals surface area contributed by atoms with Gasteiger partial charge in [-0.05, 0) is 67.1 Å². The molecule has 3 aromatic carbocycles. The Labute approximate surface area is 174 Å². The molecule has 0 atom stereocenters. The average molecular weight is 403 g/mol. The molecule has 2 amide bonds. The fourth-order valence-corrected chi connectivity index (χ4v) is 2.62. The molecule has 30 heavy (non-hydrogen) atoms. The summed E-state index contributed by atoms with van der Waals surface area (Å²) in [6, 6.07) is 18.5. The van der Waals surface area contributed by atoms with Crippen LogP contribution in [0.2, 0.25) is 0 Å². The predicted octanol–water partition coefficient (Wildman–Crippen LogP) is 3.73. The van der Waals surface area contributed by atoms with Crippen molar-refractivity contribution >= 4 is 23.7 Å². The molecule has 152 valence electrons. The number of phenols is 1. The smallest absolute Gasteiger partial charge is 0.271 e. The van der Waals surface area contributed by atoms with E-state index in [4.69, 9.17) is 4.74 Å². The van der Waals surface area contributed by atoms with E-state index in [1.165, 1.54) is 19.4 Å². The van der Waals surface area contributed by atoms with Crippen molar-refractivity contribution in [2.75, 3.05) is 12.4 Å². The molecule has 7 nitrogen and oxygen atoms in total. The summed E-state index contributed by atoms with van der Waals surface area (Å²) in [4.78, 5) is 24.5. The van der Waals surface area contributed by atoms with Crippen LogP contribution in [0.1, 0.15) is 31.8 Å². The van der Waals surface area contributed by atoms with E-state index in [0.29, 0.717) is 28.1 Å². The molecule has 0 spiro atoms. The molecule has 3 aromatic rings. The summed E-state index contributed by atoms with van der Waals surface area (Å²) in [5, 5.41) is 16.3. The summed E-state index contributed by atoms with van der Waals surface area (Å²) in [5.74, 6) is -0.281. The van der Waals surface area contributed by atoms with Gasteiger partial charge >= 0.3 is 0 Å². The summed E-state index contributed by atoms with van der Waals surface area (Å²) < 4.78 is 5.03. The van der Waals surface area contributed by atoms with Gasteiger partial charge in [-0.3, -0.25) is 9.59 Å². The molecule has 7 heteroatoms. The number of phenolic OH excluding ortho intramolecular Hbond substituents is 1. The molecule has 0 saturated carbocycles. The van der Waals surface area contributed by atoms with Crippen molar-refractivity contribution in [2.45, 2.75) is 6.92 Å². The number of carbonyl (C=O) groups is 2. The van der Waals surface area contributed by atoms with Crippen molar-refractivity contribution in [3.63, 3.8) is 0 Å². The van der Waals surface area contributed by atoms with Crippen molar-refractivity contribution in [2.24, 2.45) is 5.10 Å². The van der Waals surface area contributed by atoms with E-state index in [2.05, 4.69) is 15.8 Å². The second-order valence-electron chi connectivity index (χ2n) is 6.53. The third kappa shape index (κ3) is 5.23. The molecule has 3 N–H and O–H groups in total. The summed E-state index contributed by atoms with van der Waals surface area (Å²) >= 11 is 0. The number of carbonyl (C=O) groups excluding carboxylic acids is 2. The van der Waals surface area contributed by atoms with Crippen LogP contribution in [0, 0.1) is 6.92 Å². The Bertz CT molecular complexity index is 1070. The van der Waals surface area contributed by atoms with Crippen molar-refractivity contribution in [1.29, 1.82) is 0 Å². The molecule has 0 aliphatic heterocycles. The number of rotatable bonds is 6. The lowest BCUT2D eigenvalue weighted by Gasteiger charge is -2.07. The Hall–Kier alpha value is -4.13. The van der Waals surface area contributed by atoms with Crippen LogP contribution in [0.5, 0.6) is 11.5 Å². The predicted molar refractivity (Wildman–Crippen MR) is 115 cm³/mol. The molecule has 0 heterocycles. The van der Waals surface area contributed by atoms with E-state index in [9.17, 15) is 14.7 Å². The molecule has 0 aliphatic carbocycles. The highest BCUT2D eigenvalue weighted by Crippen LogP contribution is 2.25. The van der Waals surface area contributed by atoms with Crippen molar-refractivity contribution in [3.05, 3.63) is 89.0 Å². The van der Waals surface area contributed by atoms with Gasteiger partial charge < -0.3 is 15.2 Å². The number of anilines is 1. The number of hydrogen-bond acceptors (Lipinski definition) is 5. The molecule has 0 bridgehead atoms. The normalized spacial score (nSPS) is 10.6. The number of amides is 2. The highest BCUT2D eigenvalue weighted by atomic mass is 16.5. The van der Waals surface area contributed by atoms with Crippen LogP contribution in [0.4, 0.5) is 5.69 Å². The van der Waals surface area contributed by atoms with Gasteiger partial charge in [0.2, 0.25) is 0 Å². The van der Waals surface area contributed by atoms with Gasteiger partial charge in [-0.2, -0.15) is 5.10 Å². The van der Waals surface area contributed by atoms with Crippen molar-refractivity contribution in [3.8, 4) is 11.5 Å². The molecular weight excluding hydrogens is 382 g/mol. The molecule has 3 rings (SSSR count). The lowest BCUT2D eigenvalue weighted by Crippen LogP contribution is -2.17. The quantitative estimate of drug-likeness (QED) is 0.431. The Morgan fingerprint density at radius 1 is 0.933 bits per heavy atom. The van der Waals surface area contributed by atoms with Gasteiger partial charge in [0.15, 0.2) is 11.5 Å². The zero-order chi connectivity index (χ0) is 21.5. The summed E-state index contributed by atoms with van der Waals surface area (Å²) in [6.07, 6.45) is 1.44. The minimum absolute atomic E-state index is 0.0215. The maximum absolute atomic E-state index is 12.3. The van der Waals surface area contributed by atoms with Crippen LogP contribution in [0.15, 0.2) is 71.8 Å². The highest BCUT2D eigenvalue weighted by molar-refractivity contribution is 6.04. The molecule has 0 aliphatic rings. The van der Waals surface area contributed by atoms with Gasteiger partial charge in [-0.25, -0.2) is 5.43 Å². The zero-order valence-corrected chi connectivity index (χ0v) is 16.5. The summed E-state index contributed by atoms with van der Waals surface area (Å²) in [7, 11) is 1.45. The van der Waals surface area contributed by atoms with Gasteiger partial charge in [0.1, 0.15) is 0 Å². The van der Waals surface area contributed by atoms with E-state index in [-0.39, 0.29) is 11.7 Å². The topological polar surface area (TPSA) is 100 Å². The Balaban J connectivity index is 1.58. The number of aromatic hydroxyl groups is 1. The number of nitrogens with one attached hydrogen (secondary N) is 2. The number of benzene rings is 3. The van der Waals surface area contributed by atoms with Gasteiger partial charge in [0.05, 0.1) is 13.3 Å². The minimum atomic E-state index is -0.395. The standard InChI is InChI=1S/C23H21N3O4/c1-15-3-6-17(7-4-15)22(28)25-19-10-8-18(9-11-19)23(29)26-24-14-16-5-12-20(27)21(13-16)30-2/h3-14,27H,1-2H3,(H,25,28)(H,26,29)/b24-14-. The van der Waals surface area contributed by atoms with Gasteiger partial charge in [-0.15, -0.1) is 0 Å². The van der Waals surface area contributed by atoms with E-state index in [0.717, 1.165) is 5.56 Å². The second kappa shape index (κ2) is 9.38. The van der Waals surface area contributed by atoms with Crippen LogP contribution in [-0.2, 0) is 0 Å². The fraction of sp³-hybridized carbons (Fsp3) is 0.0870. The Kier molecular flexibility index (Phi) is 6.44. The first-order chi connectivity index (χ1) is 14.5. The largest absolute Gasteiger partial charge is 0.504 e. The number of hydrogen-bond donors (Lipinski definition) is 3. The first-order valence-corrected chi connectivity index (χ1v) is 9.15. The van der Waals surface area contributed by atoms with E-state index in [1.54, 1.807) is 48.5 Å².